The maximum atomic E-state index is 13.6. The summed E-state index contributed by atoms with van der Waals surface area (Å²) in [5.74, 6) is 0.861. The van der Waals surface area contributed by atoms with E-state index in [0.717, 1.165) is 16.8 Å². The van der Waals surface area contributed by atoms with Gasteiger partial charge in [-0.3, -0.25) is 0 Å². The van der Waals surface area contributed by atoms with Crippen molar-refractivity contribution < 1.29 is 14.3 Å². The van der Waals surface area contributed by atoms with Crippen molar-refractivity contribution in [3.63, 3.8) is 0 Å². The van der Waals surface area contributed by atoms with Gasteiger partial charge in [-0.2, -0.15) is 0 Å². The average Bonchev–Trinajstić information content (AvgIpc) is 3.16. The summed E-state index contributed by atoms with van der Waals surface area (Å²) in [6.45, 7) is 2.61. The van der Waals surface area contributed by atoms with Crippen LogP contribution in [-0.2, 0) is 10.3 Å². The van der Waals surface area contributed by atoms with Crippen molar-refractivity contribution in [2.75, 3.05) is 17.2 Å². The number of benzene rings is 4. The molecule has 0 bridgehead atoms. The normalized spacial score (nSPS) is 14.5. The summed E-state index contributed by atoms with van der Waals surface area (Å²) in [5, 5.41) is 7.24. The Morgan fingerprint density at radius 2 is 1.50 bits per heavy atom. The Hall–Kier alpha value is -3.96. The molecule has 6 heteroatoms. The van der Waals surface area contributed by atoms with Crippen LogP contribution in [0.3, 0.4) is 0 Å². The highest BCUT2D eigenvalue weighted by molar-refractivity contribution is 6.34. The fourth-order valence-electron chi connectivity index (χ4n) is 4.91. The fourth-order valence-corrected chi connectivity index (χ4v) is 5.16. The second kappa shape index (κ2) is 7.82. The molecule has 0 aliphatic carbocycles. The number of anilines is 3. The molecular weight excluding hydrogens is 448 g/mol. The van der Waals surface area contributed by atoms with Crippen molar-refractivity contribution in [2.24, 2.45) is 0 Å². The SMILES string of the molecule is CCNc1cc(Cl)c(Nc2ccccc2)c2c1C(=O)OC21c2ccccc2Oc2ccccc21. The highest BCUT2D eigenvalue weighted by atomic mass is 35.5. The number of fused-ring (bicyclic) bond motifs is 6. The van der Waals surface area contributed by atoms with Gasteiger partial charge < -0.3 is 20.1 Å². The molecule has 0 aromatic heterocycles. The monoisotopic (exact) mass is 468 g/mol. The lowest BCUT2D eigenvalue weighted by Gasteiger charge is -2.37. The summed E-state index contributed by atoms with van der Waals surface area (Å²) in [6.07, 6.45) is 0. The third-order valence-electron chi connectivity index (χ3n) is 6.24. The van der Waals surface area contributed by atoms with E-state index < -0.39 is 11.6 Å². The number of hydrogen-bond acceptors (Lipinski definition) is 5. The van der Waals surface area contributed by atoms with E-state index >= 15 is 0 Å². The van der Waals surface area contributed by atoms with Gasteiger partial charge in [0.15, 0.2) is 5.60 Å². The third kappa shape index (κ3) is 2.90. The zero-order valence-electron chi connectivity index (χ0n) is 18.4. The van der Waals surface area contributed by atoms with E-state index in [1.807, 2.05) is 85.8 Å². The Morgan fingerprint density at radius 3 is 2.15 bits per heavy atom. The minimum Gasteiger partial charge on any atom is -0.456 e. The predicted octanol–water partition coefficient (Wildman–Crippen LogP) is 7.08. The van der Waals surface area contributed by atoms with Crippen LogP contribution in [0.5, 0.6) is 11.5 Å². The molecule has 5 nitrogen and oxygen atoms in total. The first-order valence-electron chi connectivity index (χ1n) is 11.2. The van der Waals surface area contributed by atoms with Gasteiger partial charge in [-0.15, -0.1) is 0 Å². The fraction of sp³-hybridized carbons (Fsp3) is 0.107. The van der Waals surface area contributed by atoms with Gasteiger partial charge >= 0.3 is 5.97 Å². The van der Waals surface area contributed by atoms with Crippen LogP contribution in [0.25, 0.3) is 0 Å². The van der Waals surface area contributed by atoms with E-state index in [2.05, 4.69) is 10.6 Å². The highest BCUT2D eigenvalue weighted by Gasteiger charge is 2.56. The summed E-state index contributed by atoms with van der Waals surface area (Å²) in [7, 11) is 0. The Balaban J connectivity index is 1.73. The summed E-state index contributed by atoms with van der Waals surface area (Å²) >= 11 is 6.90. The van der Waals surface area contributed by atoms with Crippen molar-refractivity contribution in [1.82, 2.24) is 0 Å². The Kier molecular flexibility index (Phi) is 4.74. The molecule has 34 heavy (non-hydrogen) atoms. The number of carbonyl (C=O) groups is 1. The predicted molar refractivity (Wildman–Crippen MR) is 134 cm³/mol. The van der Waals surface area contributed by atoms with Gasteiger partial charge in [0.2, 0.25) is 0 Å². The summed E-state index contributed by atoms with van der Waals surface area (Å²) in [6, 6.07) is 26.8. The lowest BCUT2D eigenvalue weighted by atomic mass is 9.76. The molecule has 0 atom stereocenters. The smallest absolute Gasteiger partial charge is 0.342 e. The quantitative estimate of drug-likeness (QED) is 0.313. The number of hydrogen-bond donors (Lipinski definition) is 2. The molecule has 4 aromatic rings. The van der Waals surface area contributed by atoms with Gasteiger partial charge in [0.1, 0.15) is 11.5 Å². The summed E-state index contributed by atoms with van der Waals surface area (Å²) < 4.78 is 12.6. The molecule has 1 spiro atoms. The minimum absolute atomic E-state index is 0.412. The van der Waals surface area contributed by atoms with E-state index in [0.29, 0.717) is 45.6 Å². The minimum atomic E-state index is -1.22. The van der Waals surface area contributed by atoms with Gasteiger partial charge in [0.25, 0.3) is 0 Å². The molecule has 2 aliphatic rings. The zero-order valence-corrected chi connectivity index (χ0v) is 19.1. The molecule has 2 N–H and O–H groups in total. The lowest BCUT2D eigenvalue weighted by molar-refractivity contribution is 0.0226. The topological polar surface area (TPSA) is 59.6 Å². The number of para-hydroxylation sites is 3. The second-order valence-electron chi connectivity index (χ2n) is 8.22. The highest BCUT2D eigenvalue weighted by Crippen LogP contribution is 2.59. The van der Waals surface area contributed by atoms with Gasteiger partial charge in [-0.25, -0.2) is 4.79 Å². The Morgan fingerprint density at radius 1 is 0.882 bits per heavy atom. The first-order chi connectivity index (χ1) is 16.6. The van der Waals surface area contributed by atoms with Crippen molar-refractivity contribution in [1.29, 1.82) is 0 Å². The molecule has 4 aromatic carbocycles. The number of rotatable bonds is 4. The maximum Gasteiger partial charge on any atom is 0.342 e. The number of esters is 1. The van der Waals surface area contributed by atoms with Crippen LogP contribution in [0.2, 0.25) is 5.02 Å². The van der Waals surface area contributed by atoms with Crippen LogP contribution in [-0.4, -0.2) is 12.5 Å². The van der Waals surface area contributed by atoms with Crippen LogP contribution in [0, 0.1) is 0 Å². The Labute approximate surface area is 202 Å². The first-order valence-corrected chi connectivity index (χ1v) is 11.5. The van der Waals surface area contributed by atoms with Crippen molar-refractivity contribution in [3.05, 3.63) is 112 Å². The largest absolute Gasteiger partial charge is 0.456 e. The van der Waals surface area contributed by atoms with Crippen molar-refractivity contribution in [2.45, 2.75) is 12.5 Å². The molecule has 0 unspecified atom stereocenters. The van der Waals surface area contributed by atoms with Crippen LogP contribution in [0.4, 0.5) is 17.1 Å². The molecule has 2 aliphatic heterocycles. The van der Waals surface area contributed by atoms with Crippen LogP contribution in [0.1, 0.15) is 34.0 Å². The zero-order chi connectivity index (χ0) is 23.3. The Bertz CT molecular complexity index is 1390. The molecular formula is C28H21ClN2O3. The van der Waals surface area contributed by atoms with E-state index in [1.54, 1.807) is 6.07 Å². The van der Waals surface area contributed by atoms with Gasteiger partial charge in [-0.1, -0.05) is 66.2 Å². The van der Waals surface area contributed by atoms with Crippen molar-refractivity contribution >= 4 is 34.6 Å². The van der Waals surface area contributed by atoms with Crippen molar-refractivity contribution in [3.8, 4) is 11.5 Å². The molecule has 0 amide bonds. The van der Waals surface area contributed by atoms with E-state index in [4.69, 9.17) is 21.1 Å². The van der Waals surface area contributed by atoms with Gasteiger partial charge in [-0.05, 0) is 37.3 Å². The molecule has 6 rings (SSSR count). The van der Waals surface area contributed by atoms with Crippen LogP contribution >= 0.6 is 11.6 Å². The number of nitrogens with one attached hydrogen (secondary N) is 2. The van der Waals surface area contributed by atoms with E-state index in [9.17, 15) is 4.79 Å². The van der Waals surface area contributed by atoms with Crippen LogP contribution in [0.15, 0.2) is 84.9 Å². The number of halogens is 1. The third-order valence-corrected chi connectivity index (χ3v) is 6.54. The van der Waals surface area contributed by atoms with Gasteiger partial charge in [0, 0.05) is 28.9 Å². The second-order valence-corrected chi connectivity index (χ2v) is 8.62. The van der Waals surface area contributed by atoms with E-state index in [1.165, 1.54) is 0 Å². The van der Waals surface area contributed by atoms with E-state index in [-0.39, 0.29) is 0 Å². The first kappa shape index (κ1) is 20.6. The lowest BCUT2D eigenvalue weighted by Crippen LogP contribution is -2.33. The standard InChI is InChI=1S/C28H21ClN2O3/c1-2-30-21-16-20(29)26(31-17-10-4-3-5-11-17)25-24(21)27(32)34-28(25)18-12-6-8-14-22(18)33-23-15-9-7-13-19(23)28/h3-16,30-31H,2H2,1H3. The molecule has 0 fully saturated rings. The number of carbonyl (C=O) groups excluding carboxylic acids is 1. The molecule has 2 heterocycles. The van der Waals surface area contributed by atoms with Gasteiger partial charge in [0.05, 0.1) is 22.0 Å². The summed E-state index contributed by atoms with van der Waals surface area (Å²) in [4.78, 5) is 13.6. The molecule has 0 saturated carbocycles. The average molecular weight is 469 g/mol. The maximum absolute atomic E-state index is 13.6. The van der Waals surface area contributed by atoms with Crippen LogP contribution < -0.4 is 15.4 Å². The summed E-state index contributed by atoms with van der Waals surface area (Å²) in [5.41, 5.74) is 3.55. The molecule has 168 valence electrons. The molecule has 0 saturated heterocycles. The number of ether oxygens (including phenoxy) is 2. The molecule has 0 radical (unpaired) electrons.